The van der Waals surface area contributed by atoms with Gasteiger partial charge in [-0.2, -0.15) is 0 Å². The molecule has 1 heterocycles. The third-order valence-electron chi connectivity index (χ3n) is 4.08. The van der Waals surface area contributed by atoms with E-state index in [0.29, 0.717) is 9.80 Å². The summed E-state index contributed by atoms with van der Waals surface area (Å²) < 4.78 is 22.9. The van der Waals surface area contributed by atoms with E-state index in [4.69, 9.17) is 7.48 Å². The zero-order chi connectivity index (χ0) is 23.0. The van der Waals surface area contributed by atoms with Crippen molar-refractivity contribution in [3.8, 4) is 0 Å². The SMILES string of the molecule is [2H]C(c1ccccc1)[C@@]1([2H])C(=O)N(C(C)=O)[C@@H](C(C)C)C(=O)N1C(=O)OC(C)(C)C. The van der Waals surface area contributed by atoms with Crippen LogP contribution >= 0.6 is 0 Å². The van der Waals surface area contributed by atoms with Crippen LogP contribution in [0, 0.1) is 5.92 Å². The first-order chi connectivity index (χ1) is 13.7. The van der Waals surface area contributed by atoms with Crippen molar-refractivity contribution in [1.82, 2.24) is 9.80 Å². The van der Waals surface area contributed by atoms with Gasteiger partial charge in [0.05, 0.1) is 1.37 Å². The van der Waals surface area contributed by atoms with E-state index in [2.05, 4.69) is 0 Å². The largest absolute Gasteiger partial charge is 0.443 e. The number of hydrogen-bond donors (Lipinski definition) is 0. The highest BCUT2D eigenvalue weighted by Crippen LogP contribution is 2.27. The zero-order valence-corrected chi connectivity index (χ0v) is 17.1. The Morgan fingerprint density at radius 1 is 1.14 bits per heavy atom. The van der Waals surface area contributed by atoms with Gasteiger partial charge in [0, 0.05) is 14.7 Å². The number of nitrogens with zero attached hydrogens (tertiary/aromatic N) is 2. The number of carbonyl (C=O) groups excluding carboxylic acids is 4. The third-order valence-corrected chi connectivity index (χ3v) is 4.08. The summed E-state index contributed by atoms with van der Waals surface area (Å²) in [6.07, 6.45) is -2.85. The molecule has 0 saturated carbocycles. The molecule has 4 amide bonds. The summed E-state index contributed by atoms with van der Waals surface area (Å²) in [4.78, 5) is 53.2. The molecular weight excluding hydrogens is 360 g/mol. The van der Waals surface area contributed by atoms with Gasteiger partial charge in [0.15, 0.2) is 0 Å². The molecule has 0 spiro atoms. The monoisotopic (exact) mass is 390 g/mol. The maximum atomic E-state index is 13.4. The Labute approximate surface area is 168 Å². The van der Waals surface area contributed by atoms with E-state index < -0.39 is 53.8 Å². The predicted molar refractivity (Wildman–Crippen MR) is 103 cm³/mol. The molecule has 0 N–H and O–H groups in total. The molecule has 0 aliphatic carbocycles. The minimum Gasteiger partial charge on any atom is -0.443 e. The van der Waals surface area contributed by atoms with Crippen LogP contribution in [0.3, 0.4) is 0 Å². The van der Waals surface area contributed by atoms with Gasteiger partial charge in [-0.15, -0.1) is 0 Å². The van der Waals surface area contributed by atoms with Crippen LogP contribution in [0.1, 0.15) is 49.8 Å². The Bertz CT molecular complexity index is 853. The summed E-state index contributed by atoms with van der Waals surface area (Å²) in [5.74, 6) is -3.27. The van der Waals surface area contributed by atoms with Gasteiger partial charge < -0.3 is 4.74 Å². The molecule has 2 rings (SSSR count). The van der Waals surface area contributed by atoms with Crippen molar-refractivity contribution in [1.29, 1.82) is 0 Å². The summed E-state index contributed by atoms with van der Waals surface area (Å²) in [6, 6.07) is 3.99. The van der Waals surface area contributed by atoms with Gasteiger partial charge >= 0.3 is 6.09 Å². The predicted octanol–water partition coefficient (Wildman–Crippen LogP) is 2.77. The molecular formula is C21H28N2O5. The van der Waals surface area contributed by atoms with Crippen molar-refractivity contribution >= 4 is 23.8 Å². The fourth-order valence-corrected chi connectivity index (χ4v) is 2.96. The lowest BCUT2D eigenvalue weighted by Gasteiger charge is -2.44. The lowest BCUT2D eigenvalue weighted by atomic mass is 9.93. The van der Waals surface area contributed by atoms with Crippen LogP contribution in [0.15, 0.2) is 30.3 Å². The molecule has 1 saturated heterocycles. The van der Waals surface area contributed by atoms with Crippen molar-refractivity contribution in [2.75, 3.05) is 0 Å². The summed E-state index contributed by atoms with van der Waals surface area (Å²) in [7, 11) is 0. The smallest absolute Gasteiger partial charge is 0.417 e. The highest BCUT2D eigenvalue weighted by molar-refractivity contribution is 6.10. The standard InChI is InChI=1S/C21H28N2O5/c1-13(2)17-19(26)23(20(27)28-21(4,5)6)16(18(25)22(17)14(3)24)12-15-10-8-7-9-11-15/h7-11,13,16-17H,12H2,1-6H3/t16-,17-/m0/s1/i12D,16D/t12?,16-,17-. The van der Waals surface area contributed by atoms with Crippen LogP contribution < -0.4 is 0 Å². The number of hydrogen-bond acceptors (Lipinski definition) is 5. The average molecular weight is 390 g/mol. The highest BCUT2D eigenvalue weighted by atomic mass is 16.6. The van der Waals surface area contributed by atoms with E-state index in [1.807, 2.05) is 0 Å². The maximum absolute atomic E-state index is 13.4. The zero-order valence-electron chi connectivity index (χ0n) is 19.1. The van der Waals surface area contributed by atoms with E-state index in [0.717, 1.165) is 6.92 Å². The first-order valence-electron chi connectivity index (χ1n) is 10.2. The molecule has 3 atom stereocenters. The molecule has 1 aromatic rings. The van der Waals surface area contributed by atoms with Crippen LogP contribution in [0.5, 0.6) is 0 Å². The number of amides is 4. The van der Waals surface area contributed by atoms with E-state index >= 15 is 0 Å². The number of rotatable bonds is 3. The maximum Gasteiger partial charge on any atom is 0.417 e. The minimum atomic E-state index is -2.71. The Morgan fingerprint density at radius 2 is 1.71 bits per heavy atom. The van der Waals surface area contributed by atoms with Gasteiger partial charge in [-0.25, -0.2) is 9.69 Å². The van der Waals surface area contributed by atoms with Gasteiger partial charge in [0.25, 0.3) is 11.8 Å². The number of benzene rings is 1. The van der Waals surface area contributed by atoms with Crippen molar-refractivity contribution in [3.63, 3.8) is 0 Å². The Kier molecular flexibility index (Phi) is 5.41. The number of imide groups is 2. The molecule has 152 valence electrons. The van der Waals surface area contributed by atoms with E-state index in [1.54, 1.807) is 52.8 Å². The summed E-state index contributed by atoms with van der Waals surface area (Å²) >= 11 is 0. The molecule has 1 aliphatic rings. The van der Waals surface area contributed by atoms with Crippen LogP contribution in [0.2, 0.25) is 0 Å². The fraction of sp³-hybridized carbons (Fsp3) is 0.524. The molecule has 0 radical (unpaired) electrons. The normalized spacial score (nSPS) is 25.3. The van der Waals surface area contributed by atoms with E-state index in [1.165, 1.54) is 12.1 Å². The molecule has 1 aromatic carbocycles. The number of piperazine rings is 1. The molecule has 28 heavy (non-hydrogen) atoms. The van der Waals surface area contributed by atoms with Gasteiger partial charge in [-0.1, -0.05) is 44.2 Å². The molecule has 7 heteroatoms. The Hall–Kier alpha value is -2.70. The second kappa shape index (κ2) is 8.12. The molecule has 1 unspecified atom stereocenters. The third kappa shape index (κ3) is 4.58. The second-order valence-corrected chi connectivity index (χ2v) is 7.98. The van der Waals surface area contributed by atoms with Crippen LogP contribution in [-0.4, -0.2) is 51.3 Å². The molecule has 0 aromatic heterocycles. The lowest BCUT2D eigenvalue weighted by Crippen LogP contribution is -2.69. The fourth-order valence-electron chi connectivity index (χ4n) is 2.96. The average Bonchev–Trinajstić information content (AvgIpc) is 2.62. The second-order valence-electron chi connectivity index (χ2n) is 7.98. The van der Waals surface area contributed by atoms with Gasteiger partial charge in [0.1, 0.15) is 17.7 Å². The minimum absolute atomic E-state index is 0.244. The highest BCUT2D eigenvalue weighted by Gasteiger charge is 2.52. The van der Waals surface area contributed by atoms with Gasteiger partial charge in [0.2, 0.25) is 5.91 Å². The van der Waals surface area contributed by atoms with Crippen molar-refractivity contribution in [3.05, 3.63) is 35.9 Å². The Morgan fingerprint density at radius 3 is 2.18 bits per heavy atom. The number of ether oxygens (including phenoxy) is 1. The van der Waals surface area contributed by atoms with Gasteiger partial charge in [-0.3, -0.25) is 19.3 Å². The van der Waals surface area contributed by atoms with Gasteiger partial charge in [-0.05, 0) is 32.3 Å². The van der Waals surface area contributed by atoms with Crippen molar-refractivity contribution in [2.45, 2.75) is 65.6 Å². The first-order valence-corrected chi connectivity index (χ1v) is 9.12. The van der Waals surface area contributed by atoms with E-state index in [-0.39, 0.29) is 5.56 Å². The van der Waals surface area contributed by atoms with E-state index in [9.17, 15) is 19.2 Å². The summed E-state index contributed by atoms with van der Waals surface area (Å²) in [5, 5.41) is 0. The van der Waals surface area contributed by atoms with Crippen LogP contribution in [0.4, 0.5) is 4.79 Å². The first kappa shape index (κ1) is 18.7. The number of carbonyl (C=O) groups is 4. The Balaban J connectivity index is 2.71. The van der Waals surface area contributed by atoms with Crippen molar-refractivity contribution < 1.29 is 26.7 Å². The topological polar surface area (TPSA) is 84.0 Å². The van der Waals surface area contributed by atoms with Crippen LogP contribution in [-0.2, 0) is 25.5 Å². The molecule has 0 bridgehead atoms. The molecule has 1 fully saturated rings. The van der Waals surface area contributed by atoms with Crippen molar-refractivity contribution in [2.24, 2.45) is 5.92 Å². The molecule has 7 nitrogen and oxygen atoms in total. The molecule has 1 aliphatic heterocycles. The summed E-state index contributed by atoms with van der Waals surface area (Å²) in [5.41, 5.74) is -0.759. The quantitative estimate of drug-likeness (QED) is 0.792. The van der Waals surface area contributed by atoms with Crippen LogP contribution in [0.25, 0.3) is 0 Å². The lowest BCUT2D eigenvalue weighted by molar-refractivity contribution is -0.168. The summed E-state index contributed by atoms with van der Waals surface area (Å²) in [6.45, 7) is 9.14.